The summed E-state index contributed by atoms with van der Waals surface area (Å²) in [6.45, 7) is 0. The van der Waals surface area contributed by atoms with Crippen molar-refractivity contribution in [3.05, 3.63) is 48.5 Å². The average molecular weight is 323 g/mol. The summed E-state index contributed by atoms with van der Waals surface area (Å²) in [5.41, 5.74) is 8.33. The number of nitrogens with two attached hydrogens (primary N) is 1. The van der Waals surface area contributed by atoms with Crippen LogP contribution in [0.1, 0.15) is 0 Å². The van der Waals surface area contributed by atoms with E-state index in [2.05, 4.69) is 9.97 Å². The van der Waals surface area contributed by atoms with Crippen molar-refractivity contribution in [2.75, 3.05) is 20.0 Å². The lowest BCUT2D eigenvalue weighted by Gasteiger charge is -2.12. The molecule has 3 aromatic rings. The summed E-state index contributed by atoms with van der Waals surface area (Å²) in [6, 6.07) is 14.1. The highest BCUT2D eigenvalue weighted by Gasteiger charge is 2.13. The number of para-hydroxylation sites is 1. The van der Waals surface area contributed by atoms with Crippen LogP contribution in [0.25, 0.3) is 22.5 Å². The zero-order chi connectivity index (χ0) is 17.1. The largest absolute Gasteiger partial charge is 0.507 e. The Bertz CT molecular complexity index is 881. The molecule has 0 amide bonds. The van der Waals surface area contributed by atoms with Gasteiger partial charge in [0.05, 0.1) is 25.6 Å². The van der Waals surface area contributed by atoms with Gasteiger partial charge in [-0.3, -0.25) is 0 Å². The number of anilines is 1. The SMILES string of the molecule is COc1ccc(-c2cc(-c3ccccc3O)nc(N)n2)c(OC)c1. The molecule has 0 aliphatic heterocycles. The van der Waals surface area contributed by atoms with Crippen molar-refractivity contribution in [3.8, 4) is 39.8 Å². The Labute approximate surface area is 139 Å². The van der Waals surface area contributed by atoms with Gasteiger partial charge in [0, 0.05) is 17.2 Å². The maximum absolute atomic E-state index is 10.0. The molecule has 1 aromatic heterocycles. The summed E-state index contributed by atoms with van der Waals surface area (Å²) in [7, 11) is 3.17. The maximum Gasteiger partial charge on any atom is 0.221 e. The van der Waals surface area contributed by atoms with Crippen LogP contribution >= 0.6 is 0 Å². The molecule has 6 heteroatoms. The van der Waals surface area contributed by atoms with Crippen LogP contribution in [0.5, 0.6) is 17.2 Å². The molecular formula is C18H17N3O3. The lowest BCUT2D eigenvalue weighted by atomic mass is 10.1. The fourth-order valence-electron chi connectivity index (χ4n) is 2.44. The molecule has 0 aliphatic carbocycles. The van der Waals surface area contributed by atoms with Gasteiger partial charge in [0.15, 0.2) is 0 Å². The summed E-state index contributed by atoms with van der Waals surface area (Å²) in [5, 5.41) is 10.0. The molecule has 0 spiro atoms. The Morgan fingerprint density at radius 3 is 2.25 bits per heavy atom. The number of hydrogen-bond acceptors (Lipinski definition) is 6. The lowest BCUT2D eigenvalue weighted by molar-refractivity contribution is 0.395. The molecule has 24 heavy (non-hydrogen) atoms. The van der Waals surface area contributed by atoms with Gasteiger partial charge in [-0.05, 0) is 30.3 Å². The van der Waals surface area contributed by atoms with Crippen LogP contribution in [0.3, 0.4) is 0 Å². The van der Waals surface area contributed by atoms with Crippen LogP contribution < -0.4 is 15.2 Å². The highest BCUT2D eigenvalue weighted by molar-refractivity contribution is 5.75. The molecule has 0 saturated heterocycles. The predicted octanol–water partition coefficient (Wildman–Crippen LogP) is 3.12. The Balaban J connectivity index is 2.15. The Morgan fingerprint density at radius 2 is 1.58 bits per heavy atom. The number of methoxy groups -OCH3 is 2. The topological polar surface area (TPSA) is 90.5 Å². The van der Waals surface area contributed by atoms with Crippen LogP contribution in [-0.4, -0.2) is 29.3 Å². The van der Waals surface area contributed by atoms with E-state index in [9.17, 15) is 5.11 Å². The molecule has 1 heterocycles. The molecule has 6 nitrogen and oxygen atoms in total. The van der Waals surface area contributed by atoms with Crippen LogP contribution in [0.2, 0.25) is 0 Å². The fraction of sp³-hybridized carbons (Fsp3) is 0.111. The van der Waals surface area contributed by atoms with Crippen molar-refractivity contribution >= 4 is 5.95 Å². The third-order valence-electron chi connectivity index (χ3n) is 3.61. The van der Waals surface area contributed by atoms with Gasteiger partial charge in [0.25, 0.3) is 0 Å². The molecule has 3 N–H and O–H groups in total. The first-order valence-electron chi connectivity index (χ1n) is 7.27. The smallest absolute Gasteiger partial charge is 0.221 e. The maximum atomic E-state index is 10.0. The zero-order valence-corrected chi connectivity index (χ0v) is 13.4. The molecule has 3 rings (SSSR count). The molecule has 0 atom stereocenters. The van der Waals surface area contributed by atoms with Gasteiger partial charge in [0.2, 0.25) is 5.95 Å². The van der Waals surface area contributed by atoms with Crippen molar-refractivity contribution in [1.29, 1.82) is 0 Å². The minimum atomic E-state index is 0.114. The fourth-order valence-corrected chi connectivity index (χ4v) is 2.44. The van der Waals surface area contributed by atoms with E-state index >= 15 is 0 Å². The van der Waals surface area contributed by atoms with Crippen molar-refractivity contribution < 1.29 is 14.6 Å². The van der Waals surface area contributed by atoms with Gasteiger partial charge >= 0.3 is 0 Å². The summed E-state index contributed by atoms with van der Waals surface area (Å²) in [6.07, 6.45) is 0. The number of aromatic nitrogens is 2. The number of rotatable bonds is 4. The minimum Gasteiger partial charge on any atom is -0.507 e. The van der Waals surface area contributed by atoms with Crippen LogP contribution in [0.15, 0.2) is 48.5 Å². The van der Waals surface area contributed by atoms with Crippen LogP contribution in [0.4, 0.5) is 5.95 Å². The van der Waals surface area contributed by atoms with Gasteiger partial charge in [-0.1, -0.05) is 12.1 Å². The molecule has 0 saturated carbocycles. The summed E-state index contributed by atoms with van der Waals surface area (Å²) < 4.78 is 10.6. The summed E-state index contributed by atoms with van der Waals surface area (Å²) in [5.74, 6) is 1.53. The third-order valence-corrected chi connectivity index (χ3v) is 3.61. The first kappa shape index (κ1) is 15.6. The number of ether oxygens (including phenoxy) is 2. The number of phenolic OH excluding ortho intramolecular Hbond substituents is 1. The number of benzene rings is 2. The number of hydrogen-bond donors (Lipinski definition) is 2. The normalized spacial score (nSPS) is 10.4. The monoisotopic (exact) mass is 323 g/mol. The van der Waals surface area contributed by atoms with E-state index in [0.717, 1.165) is 5.56 Å². The minimum absolute atomic E-state index is 0.114. The van der Waals surface area contributed by atoms with E-state index in [4.69, 9.17) is 15.2 Å². The van der Waals surface area contributed by atoms with Gasteiger partial charge in [-0.15, -0.1) is 0 Å². The average Bonchev–Trinajstić information content (AvgIpc) is 2.61. The lowest BCUT2D eigenvalue weighted by Crippen LogP contribution is -2.00. The zero-order valence-electron chi connectivity index (χ0n) is 13.4. The number of nitrogens with zero attached hydrogens (tertiary/aromatic N) is 2. The Morgan fingerprint density at radius 1 is 0.875 bits per heavy atom. The molecule has 0 bridgehead atoms. The highest BCUT2D eigenvalue weighted by atomic mass is 16.5. The van der Waals surface area contributed by atoms with Gasteiger partial charge in [-0.2, -0.15) is 0 Å². The molecule has 0 fully saturated rings. The third kappa shape index (κ3) is 2.94. The van der Waals surface area contributed by atoms with Crippen molar-refractivity contribution in [3.63, 3.8) is 0 Å². The number of phenols is 1. The second kappa shape index (κ2) is 6.45. The van der Waals surface area contributed by atoms with Crippen LogP contribution in [0, 0.1) is 0 Å². The van der Waals surface area contributed by atoms with E-state index in [1.165, 1.54) is 0 Å². The molecule has 122 valence electrons. The first-order chi connectivity index (χ1) is 11.6. The van der Waals surface area contributed by atoms with E-state index in [1.807, 2.05) is 18.2 Å². The molecule has 0 radical (unpaired) electrons. The summed E-state index contributed by atoms with van der Waals surface area (Å²) in [4.78, 5) is 8.51. The Kier molecular flexibility index (Phi) is 4.20. The van der Waals surface area contributed by atoms with E-state index in [-0.39, 0.29) is 11.7 Å². The number of nitrogen functional groups attached to an aromatic ring is 1. The molecule has 2 aromatic carbocycles. The molecule has 0 unspecified atom stereocenters. The quantitative estimate of drug-likeness (QED) is 0.766. The van der Waals surface area contributed by atoms with E-state index in [1.54, 1.807) is 44.6 Å². The first-order valence-corrected chi connectivity index (χ1v) is 7.27. The molecule has 0 aliphatic rings. The summed E-state index contributed by atoms with van der Waals surface area (Å²) >= 11 is 0. The number of aromatic hydroxyl groups is 1. The second-order valence-corrected chi connectivity index (χ2v) is 5.08. The van der Waals surface area contributed by atoms with E-state index < -0.39 is 0 Å². The van der Waals surface area contributed by atoms with Crippen molar-refractivity contribution in [2.45, 2.75) is 0 Å². The van der Waals surface area contributed by atoms with Crippen molar-refractivity contribution in [1.82, 2.24) is 9.97 Å². The second-order valence-electron chi connectivity index (χ2n) is 5.08. The van der Waals surface area contributed by atoms with E-state index in [0.29, 0.717) is 28.5 Å². The van der Waals surface area contributed by atoms with Gasteiger partial charge in [0.1, 0.15) is 17.2 Å². The predicted molar refractivity (Wildman–Crippen MR) is 92.1 cm³/mol. The van der Waals surface area contributed by atoms with Gasteiger partial charge < -0.3 is 20.3 Å². The standard InChI is InChI=1S/C18H17N3O3/c1-23-11-7-8-13(17(9-11)24-2)15-10-14(20-18(19)21-15)12-5-3-4-6-16(12)22/h3-10,22H,1-2H3,(H2,19,20,21). The molecular weight excluding hydrogens is 306 g/mol. The van der Waals surface area contributed by atoms with Crippen LogP contribution in [-0.2, 0) is 0 Å². The van der Waals surface area contributed by atoms with Gasteiger partial charge in [-0.25, -0.2) is 9.97 Å². The van der Waals surface area contributed by atoms with Crippen molar-refractivity contribution in [2.24, 2.45) is 0 Å². The Hall–Kier alpha value is -3.28. The highest BCUT2D eigenvalue weighted by Crippen LogP contribution is 2.35.